The summed E-state index contributed by atoms with van der Waals surface area (Å²) in [6, 6.07) is 9.92. The van der Waals surface area contributed by atoms with Gasteiger partial charge in [-0.05, 0) is 43.2 Å². The van der Waals surface area contributed by atoms with Gasteiger partial charge in [-0.25, -0.2) is 19.8 Å². The van der Waals surface area contributed by atoms with Crippen LogP contribution in [0.25, 0.3) is 10.9 Å². The second-order valence-corrected chi connectivity index (χ2v) is 8.14. The molecular formula is C21H23ClFN4O5S-. The van der Waals surface area contributed by atoms with Crippen LogP contribution in [0, 0.1) is 5.82 Å². The van der Waals surface area contributed by atoms with Gasteiger partial charge in [0.15, 0.2) is 0 Å². The summed E-state index contributed by atoms with van der Waals surface area (Å²) in [5, 5.41) is 12.1. The SMILES string of the molecule is COc1ccc2c(Nc3ccc(F)c(Cl)c3)ncnc2c1.O=C(CCCCCS(=O)[O-])NO. The number of hydroxylamine groups is 1. The van der Waals surface area contributed by atoms with Crippen molar-refractivity contribution < 1.29 is 27.9 Å². The summed E-state index contributed by atoms with van der Waals surface area (Å²) in [5.74, 6) is 0.584. The quantitative estimate of drug-likeness (QED) is 0.174. The smallest absolute Gasteiger partial charge is 0.243 e. The first-order chi connectivity index (χ1) is 15.8. The molecule has 1 unspecified atom stereocenters. The molecule has 0 aliphatic rings. The van der Waals surface area contributed by atoms with Gasteiger partial charge < -0.3 is 14.6 Å². The van der Waals surface area contributed by atoms with Crippen molar-refractivity contribution in [1.82, 2.24) is 15.4 Å². The number of hydrogen-bond donors (Lipinski definition) is 3. The number of anilines is 2. The van der Waals surface area contributed by atoms with Crippen molar-refractivity contribution in [3.63, 3.8) is 0 Å². The Labute approximate surface area is 197 Å². The van der Waals surface area contributed by atoms with Crippen molar-refractivity contribution in [3.05, 3.63) is 53.6 Å². The van der Waals surface area contributed by atoms with E-state index in [0.717, 1.165) is 16.7 Å². The van der Waals surface area contributed by atoms with Gasteiger partial charge in [-0.15, -0.1) is 0 Å². The van der Waals surface area contributed by atoms with Crippen LogP contribution >= 0.6 is 11.6 Å². The molecule has 9 nitrogen and oxygen atoms in total. The third-order valence-corrected chi connectivity index (χ3v) is 5.28. The molecule has 0 saturated carbocycles. The Morgan fingerprint density at radius 1 is 1.21 bits per heavy atom. The second-order valence-electron chi connectivity index (χ2n) is 6.71. The number of carbonyl (C=O) groups is 1. The zero-order valence-corrected chi connectivity index (χ0v) is 19.3. The molecule has 0 aliphatic carbocycles. The van der Waals surface area contributed by atoms with Crippen LogP contribution in [0.3, 0.4) is 0 Å². The summed E-state index contributed by atoms with van der Waals surface area (Å²) < 4.78 is 38.4. The van der Waals surface area contributed by atoms with E-state index < -0.39 is 22.8 Å². The number of hydrogen-bond acceptors (Lipinski definition) is 8. The molecule has 0 aliphatic heterocycles. The van der Waals surface area contributed by atoms with Gasteiger partial charge in [0.2, 0.25) is 5.91 Å². The lowest BCUT2D eigenvalue weighted by atomic mass is 10.2. The maximum Gasteiger partial charge on any atom is 0.243 e. The Kier molecular flexibility index (Phi) is 10.9. The third-order valence-electron chi connectivity index (χ3n) is 4.37. The van der Waals surface area contributed by atoms with Gasteiger partial charge in [-0.3, -0.25) is 14.2 Å². The number of amides is 1. The normalized spacial score (nSPS) is 11.3. The van der Waals surface area contributed by atoms with Crippen LogP contribution in [-0.2, 0) is 15.9 Å². The summed E-state index contributed by atoms with van der Waals surface area (Å²) in [6.45, 7) is 0. The molecule has 0 fully saturated rings. The number of aromatic nitrogens is 2. The number of methoxy groups -OCH3 is 1. The first-order valence-corrected chi connectivity index (χ1v) is 11.5. The largest absolute Gasteiger partial charge is 0.772 e. The predicted octanol–water partition coefficient (Wildman–Crippen LogP) is 4.11. The number of nitrogens with zero attached hydrogens (tertiary/aromatic N) is 2. The minimum atomic E-state index is -1.98. The number of unbranched alkanes of at least 4 members (excludes halogenated alkanes) is 2. The Balaban J connectivity index is 0.000000277. The van der Waals surface area contributed by atoms with Crippen LogP contribution in [0.1, 0.15) is 25.7 Å². The van der Waals surface area contributed by atoms with Gasteiger partial charge >= 0.3 is 0 Å². The highest BCUT2D eigenvalue weighted by Gasteiger charge is 2.07. The fraction of sp³-hybridized carbons (Fsp3) is 0.286. The van der Waals surface area contributed by atoms with Gasteiger partial charge in [0.1, 0.15) is 23.7 Å². The highest BCUT2D eigenvalue weighted by molar-refractivity contribution is 7.79. The zero-order valence-electron chi connectivity index (χ0n) is 17.7. The van der Waals surface area contributed by atoms with Crippen LogP contribution in [0.4, 0.5) is 15.9 Å². The van der Waals surface area contributed by atoms with E-state index in [1.165, 1.54) is 23.9 Å². The molecule has 178 valence electrons. The van der Waals surface area contributed by atoms with Crippen LogP contribution in [-0.4, -0.2) is 42.7 Å². The maximum atomic E-state index is 13.2. The Morgan fingerprint density at radius 2 is 2.00 bits per heavy atom. The fourth-order valence-corrected chi connectivity index (χ4v) is 3.33. The molecule has 1 heterocycles. The summed E-state index contributed by atoms with van der Waals surface area (Å²) in [6.07, 6.45) is 3.54. The molecule has 2 aromatic carbocycles. The third kappa shape index (κ3) is 8.89. The van der Waals surface area contributed by atoms with Crippen LogP contribution in [0.15, 0.2) is 42.7 Å². The number of halogens is 2. The number of nitrogens with one attached hydrogen (secondary N) is 2. The molecule has 3 aromatic rings. The first kappa shape index (κ1) is 26.4. The molecule has 12 heteroatoms. The summed E-state index contributed by atoms with van der Waals surface area (Å²) >= 11 is 3.79. The van der Waals surface area contributed by atoms with Crippen molar-refractivity contribution in [1.29, 1.82) is 0 Å². The van der Waals surface area contributed by atoms with Crippen LogP contribution in [0.2, 0.25) is 5.02 Å². The summed E-state index contributed by atoms with van der Waals surface area (Å²) in [4.78, 5) is 18.8. The van der Waals surface area contributed by atoms with Crippen molar-refractivity contribution >= 4 is 51.0 Å². The molecule has 0 radical (unpaired) electrons. The molecule has 1 atom stereocenters. The van der Waals surface area contributed by atoms with Crippen LogP contribution in [0.5, 0.6) is 5.75 Å². The lowest BCUT2D eigenvalue weighted by Crippen LogP contribution is -2.17. The van der Waals surface area contributed by atoms with Crippen molar-refractivity contribution in [3.8, 4) is 5.75 Å². The molecule has 0 spiro atoms. The lowest BCUT2D eigenvalue weighted by molar-refractivity contribution is -0.129. The van der Waals surface area contributed by atoms with E-state index in [9.17, 15) is 17.9 Å². The molecule has 0 bridgehead atoms. The fourth-order valence-electron chi connectivity index (χ4n) is 2.71. The van der Waals surface area contributed by atoms with Crippen LogP contribution < -0.4 is 15.5 Å². The minimum absolute atomic E-state index is 0.0556. The Morgan fingerprint density at radius 3 is 2.67 bits per heavy atom. The van der Waals surface area contributed by atoms with E-state index >= 15 is 0 Å². The standard InChI is InChI=1S/C15H11ClFN3O.C6H13NO4S/c1-21-10-3-4-11-14(7-10)18-8-19-15(11)20-9-2-5-13(17)12(16)6-9;8-6(7-9)4-2-1-3-5-12(10)11/h2-8H,1H3,(H,18,19,20);9H,1-5H2,(H,7,8)(H,10,11)/p-1. The van der Waals surface area contributed by atoms with E-state index in [0.29, 0.717) is 30.8 Å². The van der Waals surface area contributed by atoms with E-state index in [2.05, 4.69) is 15.3 Å². The number of rotatable bonds is 9. The minimum Gasteiger partial charge on any atom is -0.772 e. The number of fused-ring (bicyclic) bond motifs is 1. The topological polar surface area (TPSA) is 136 Å². The number of carbonyl (C=O) groups excluding carboxylic acids is 1. The van der Waals surface area contributed by atoms with Gasteiger partial charge in [-0.2, -0.15) is 0 Å². The average molecular weight is 498 g/mol. The number of benzene rings is 2. The molecular weight excluding hydrogens is 475 g/mol. The highest BCUT2D eigenvalue weighted by atomic mass is 35.5. The average Bonchev–Trinajstić information content (AvgIpc) is 2.81. The molecule has 1 aromatic heterocycles. The first-order valence-electron chi connectivity index (χ1n) is 9.83. The molecule has 3 N–H and O–H groups in total. The molecule has 0 saturated heterocycles. The van der Waals surface area contributed by atoms with Crippen molar-refractivity contribution in [2.24, 2.45) is 0 Å². The maximum absolute atomic E-state index is 13.2. The molecule has 33 heavy (non-hydrogen) atoms. The van der Waals surface area contributed by atoms with E-state index in [1.54, 1.807) is 13.2 Å². The highest BCUT2D eigenvalue weighted by Crippen LogP contribution is 2.27. The Hall–Kier alpha value is -2.86. The van der Waals surface area contributed by atoms with Gasteiger partial charge in [0, 0.05) is 29.3 Å². The zero-order chi connectivity index (χ0) is 24.2. The van der Waals surface area contributed by atoms with E-state index in [1.807, 2.05) is 18.2 Å². The monoisotopic (exact) mass is 497 g/mol. The lowest BCUT2D eigenvalue weighted by Gasteiger charge is -2.09. The van der Waals surface area contributed by atoms with Crippen molar-refractivity contribution in [2.45, 2.75) is 25.7 Å². The molecule has 3 rings (SSSR count). The van der Waals surface area contributed by atoms with Gasteiger partial charge in [0.25, 0.3) is 0 Å². The number of ether oxygens (including phenoxy) is 1. The summed E-state index contributed by atoms with van der Waals surface area (Å²) in [7, 11) is 1.60. The molecule has 1 amide bonds. The van der Waals surface area contributed by atoms with E-state index in [-0.39, 0.29) is 17.2 Å². The van der Waals surface area contributed by atoms with Gasteiger partial charge in [0.05, 0.1) is 17.6 Å². The van der Waals surface area contributed by atoms with Crippen molar-refractivity contribution in [2.75, 3.05) is 18.2 Å². The second kappa shape index (κ2) is 13.6. The van der Waals surface area contributed by atoms with E-state index in [4.69, 9.17) is 21.5 Å². The summed E-state index contributed by atoms with van der Waals surface area (Å²) in [5.41, 5.74) is 2.90. The van der Waals surface area contributed by atoms with Gasteiger partial charge in [-0.1, -0.05) is 29.1 Å². The Bertz CT molecular complexity index is 1110. The predicted molar refractivity (Wildman–Crippen MR) is 123 cm³/mol.